The summed E-state index contributed by atoms with van der Waals surface area (Å²) >= 11 is 0. The number of H-pyrrole nitrogens is 1. The van der Waals surface area contributed by atoms with E-state index in [4.69, 9.17) is 5.11 Å². The zero-order chi connectivity index (χ0) is 8.55. The van der Waals surface area contributed by atoms with Gasteiger partial charge in [0.15, 0.2) is 0 Å². The van der Waals surface area contributed by atoms with Crippen molar-refractivity contribution in [2.45, 2.75) is 18.9 Å². The molecule has 2 rings (SSSR count). The first-order valence-corrected chi connectivity index (χ1v) is 3.93. The van der Waals surface area contributed by atoms with Crippen LogP contribution in [-0.2, 0) is 0 Å². The molecule has 2 heterocycles. The van der Waals surface area contributed by atoms with Crippen LogP contribution in [0.1, 0.15) is 24.4 Å². The van der Waals surface area contributed by atoms with Crippen molar-refractivity contribution in [3.05, 3.63) is 15.9 Å². The number of aromatic hydroxyl groups is 1. The van der Waals surface area contributed by atoms with E-state index >= 15 is 0 Å². The van der Waals surface area contributed by atoms with Crippen LogP contribution in [-0.4, -0.2) is 16.8 Å². The summed E-state index contributed by atoms with van der Waals surface area (Å²) in [5, 5.41) is 14.3. The third-order valence-electron chi connectivity index (χ3n) is 2.12. The third kappa shape index (κ3) is 1.02. The van der Waals surface area contributed by atoms with Gasteiger partial charge in [0.25, 0.3) is 5.56 Å². The van der Waals surface area contributed by atoms with Gasteiger partial charge in [0.1, 0.15) is 5.56 Å². The molecule has 1 unspecified atom stereocenters. The summed E-state index contributed by atoms with van der Waals surface area (Å²) in [6.45, 7) is 0.884. The lowest BCUT2D eigenvalue weighted by Crippen LogP contribution is -2.19. The van der Waals surface area contributed by atoms with E-state index in [1.807, 2.05) is 0 Å². The van der Waals surface area contributed by atoms with Gasteiger partial charge in [-0.2, -0.15) is 5.16 Å². The second-order valence-electron chi connectivity index (χ2n) is 2.90. The molecular weight excluding hydrogens is 160 g/mol. The van der Waals surface area contributed by atoms with Crippen LogP contribution in [0.25, 0.3) is 0 Å². The number of nitrogens with one attached hydrogen (secondary N) is 2. The van der Waals surface area contributed by atoms with E-state index in [-0.39, 0.29) is 17.5 Å². The van der Waals surface area contributed by atoms with Crippen LogP contribution in [0, 0.1) is 0 Å². The van der Waals surface area contributed by atoms with Crippen molar-refractivity contribution >= 4 is 0 Å². The standard InChI is InChI=1S/C7H10N2O3/c10-6-5(7(11)12-9-6)4-2-1-3-8-4/h4,8,11H,1-3H2,(H,9,10). The van der Waals surface area contributed by atoms with Crippen molar-refractivity contribution in [1.29, 1.82) is 0 Å². The van der Waals surface area contributed by atoms with Crippen molar-refractivity contribution in [3.63, 3.8) is 0 Å². The summed E-state index contributed by atoms with van der Waals surface area (Å²) in [6.07, 6.45) is 1.89. The fourth-order valence-electron chi connectivity index (χ4n) is 1.54. The molecule has 12 heavy (non-hydrogen) atoms. The van der Waals surface area contributed by atoms with Gasteiger partial charge >= 0.3 is 5.95 Å². The highest BCUT2D eigenvalue weighted by Gasteiger charge is 2.24. The van der Waals surface area contributed by atoms with Crippen LogP contribution in [0.3, 0.4) is 0 Å². The zero-order valence-corrected chi connectivity index (χ0v) is 6.46. The lowest BCUT2D eigenvalue weighted by molar-refractivity contribution is 0.271. The molecular formula is C7H10N2O3. The predicted octanol–water partition coefficient (Wildman–Crippen LogP) is 0.0980. The molecule has 0 aliphatic carbocycles. The molecule has 1 aromatic heterocycles. The monoisotopic (exact) mass is 170 g/mol. The average Bonchev–Trinajstić information content (AvgIpc) is 2.61. The van der Waals surface area contributed by atoms with Gasteiger partial charge in [0, 0.05) is 6.04 Å². The van der Waals surface area contributed by atoms with E-state index in [0.29, 0.717) is 5.56 Å². The van der Waals surface area contributed by atoms with E-state index in [1.54, 1.807) is 0 Å². The molecule has 0 radical (unpaired) electrons. The first-order valence-electron chi connectivity index (χ1n) is 3.93. The largest absolute Gasteiger partial charge is 0.479 e. The Balaban J connectivity index is 2.37. The summed E-state index contributed by atoms with van der Waals surface area (Å²) in [7, 11) is 0. The summed E-state index contributed by atoms with van der Waals surface area (Å²) < 4.78 is 4.49. The molecule has 1 saturated heterocycles. The van der Waals surface area contributed by atoms with Gasteiger partial charge in [-0.3, -0.25) is 4.79 Å². The Morgan fingerprint density at radius 1 is 1.58 bits per heavy atom. The Kier molecular flexibility index (Phi) is 1.65. The van der Waals surface area contributed by atoms with Crippen molar-refractivity contribution in [2.75, 3.05) is 6.54 Å². The van der Waals surface area contributed by atoms with Crippen LogP contribution in [0.2, 0.25) is 0 Å². The lowest BCUT2D eigenvalue weighted by atomic mass is 10.1. The fourth-order valence-corrected chi connectivity index (χ4v) is 1.54. The number of aromatic amines is 1. The van der Waals surface area contributed by atoms with E-state index in [9.17, 15) is 4.79 Å². The Morgan fingerprint density at radius 3 is 2.92 bits per heavy atom. The van der Waals surface area contributed by atoms with Crippen molar-refractivity contribution in [3.8, 4) is 5.95 Å². The summed E-state index contributed by atoms with van der Waals surface area (Å²) in [4.78, 5) is 11.1. The van der Waals surface area contributed by atoms with Crippen molar-refractivity contribution in [2.24, 2.45) is 0 Å². The van der Waals surface area contributed by atoms with E-state index in [2.05, 4.69) is 15.0 Å². The van der Waals surface area contributed by atoms with Crippen molar-refractivity contribution < 1.29 is 9.63 Å². The molecule has 3 N–H and O–H groups in total. The zero-order valence-electron chi connectivity index (χ0n) is 6.46. The summed E-state index contributed by atoms with van der Waals surface area (Å²) in [6, 6.07) is -0.0486. The quantitative estimate of drug-likeness (QED) is 0.558. The maximum Gasteiger partial charge on any atom is 0.314 e. The minimum Gasteiger partial charge on any atom is -0.479 e. The van der Waals surface area contributed by atoms with Crippen LogP contribution in [0.4, 0.5) is 0 Å². The first kappa shape index (κ1) is 7.42. The van der Waals surface area contributed by atoms with Gasteiger partial charge in [-0.1, -0.05) is 0 Å². The van der Waals surface area contributed by atoms with Gasteiger partial charge in [-0.15, -0.1) is 0 Å². The lowest BCUT2D eigenvalue weighted by Gasteiger charge is -2.04. The first-order chi connectivity index (χ1) is 5.79. The third-order valence-corrected chi connectivity index (χ3v) is 2.12. The second-order valence-corrected chi connectivity index (χ2v) is 2.90. The molecule has 1 aliphatic rings. The van der Waals surface area contributed by atoms with Gasteiger partial charge in [-0.05, 0) is 19.4 Å². The van der Waals surface area contributed by atoms with Crippen molar-refractivity contribution in [1.82, 2.24) is 10.5 Å². The van der Waals surface area contributed by atoms with Gasteiger partial charge in [0.05, 0.1) is 0 Å². The van der Waals surface area contributed by atoms with E-state index in [1.165, 1.54) is 0 Å². The molecule has 66 valence electrons. The molecule has 1 aromatic rings. The van der Waals surface area contributed by atoms with Crippen LogP contribution >= 0.6 is 0 Å². The highest BCUT2D eigenvalue weighted by Crippen LogP contribution is 2.26. The Morgan fingerprint density at radius 2 is 2.42 bits per heavy atom. The molecule has 0 amide bonds. The Bertz CT molecular complexity index is 322. The maximum absolute atomic E-state index is 11.1. The highest BCUT2D eigenvalue weighted by atomic mass is 16.6. The number of rotatable bonds is 1. The molecule has 0 saturated carbocycles. The van der Waals surface area contributed by atoms with Gasteiger partial charge in [0.2, 0.25) is 0 Å². The SMILES string of the molecule is O=c1[nH]oc(O)c1C1CCCN1. The molecule has 5 heteroatoms. The minimum atomic E-state index is -0.341. The molecule has 5 nitrogen and oxygen atoms in total. The molecule has 0 bridgehead atoms. The van der Waals surface area contributed by atoms with Crippen LogP contribution < -0.4 is 10.9 Å². The Hall–Kier alpha value is -1.23. The molecule has 0 spiro atoms. The van der Waals surface area contributed by atoms with E-state index < -0.39 is 0 Å². The minimum absolute atomic E-state index is 0.0486. The van der Waals surface area contributed by atoms with E-state index in [0.717, 1.165) is 19.4 Å². The second kappa shape index (κ2) is 2.67. The summed E-state index contributed by atoms with van der Waals surface area (Å²) in [5.74, 6) is -0.292. The molecule has 0 aromatic carbocycles. The molecule has 1 atom stereocenters. The smallest absolute Gasteiger partial charge is 0.314 e. The fraction of sp³-hybridized carbons (Fsp3) is 0.571. The normalized spacial score (nSPS) is 23.2. The van der Waals surface area contributed by atoms with Crippen LogP contribution in [0.5, 0.6) is 5.95 Å². The Labute approximate surface area is 68.4 Å². The molecule has 1 aliphatic heterocycles. The summed E-state index contributed by atoms with van der Waals surface area (Å²) in [5.41, 5.74) is -0.0144. The number of hydrogen-bond donors (Lipinski definition) is 3. The topological polar surface area (TPSA) is 78.3 Å². The maximum atomic E-state index is 11.1. The highest BCUT2D eigenvalue weighted by molar-refractivity contribution is 5.23. The average molecular weight is 170 g/mol. The molecule has 1 fully saturated rings. The van der Waals surface area contributed by atoms with Crippen LogP contribution in [0.15, 0.2) is 9.32 Å². The number of hydrogen-bond acceptors (Lipinski definition) is 4. The predicted molar refractivity (Wildman–Crippen MR) is 41.0 cm³/mol. The van der Waals surface area contributed by atoms with Gasteiger partial charge < -0.3 is 14.9 Å². The number of aromatic nitrogens is 1. The van der Waals surface area contributed by atoms with Gasteiger partial charge in [-0.25, -0.2) is 0 Å².